The summed E-state index contributed by atoms with van der Waals surface area (Å²) in [6, 6.07) is 8.50. The summed E-state index contributed by atoms with van der Waals surface area (Å²) < 4.78 is 43.4. The van der Waals surface area contributed by atoms with Gasteiger partial charge >= 0.3 is 6.18 Å². The second-order valence-corrected chi connectivity index (χ2v) is 7.98. The topological polar surface area (TPSA) is 81.9 Å². The molecular weight excluding hydrogens is 443 g/mol. The molecule has 0 aliphatic heterocycles. The van der Waals surface area contributed by atoms with Crippen LogP contribution in [0.4, 0.5) is 13.2 Å². The van der Waals surface area contributed by atoms with E-state index in [1.165, 1.54) is 23.6 Å². The lowest BCUT2D eigenvalue weighted by Gasteiger charge is -2.11. The van der Waals surface area contributed by atoms with Crippen molar-refractivity contribution in [1.82, 2.24) is 25.1 Å². The number of ether oxygens (including phenoxy) is 1. The van der Waals surface area contributed by atoms with E-state index < -0.39 is 12.8 Å². The average molecular weight is 461 g/mol. The second-order valence-electron chi connectivity index (χ2n) is 7.03. The van der Waals surface area contributed by atoms with Crippen molar-refractivity contribution in [2.45, 2.75) is 19.6 Å². The number of carbonyl (C=O) groups excluding carboxylic acids is 1. The van der Waals surface area contributed by atoms with Crippen molar-refractivity contribution in [1.29, 1.82) is 0 Å². The molecule has 0 bridgehead atoms. The van der Waals surface area contributed by atoms with E-state index in [1.807, 2.05) is 17.5 Å². The third-order valence-electron chi connectivity index (χ3n) is 4.62. The molecule has 4 heterocycles. The van der Waals surface area contributed by atoms with E-state index in [2.05, 4.69) is 25.1 Å². The van der Waals surface area contributed by atoms with Crippen LogP contribution in [0.15, 0.2) is 41.9 Å². The first-order valence-corrected chi connectivity index (χ1v) is 10.4. The molecule has 0 saturated carbocycles. The van der Waals surface area contributed by atoms with Crippen LogP contribution in [-0.4, -0.2) is 38.4 Å². The lowest BCUT2D eigenvalue weighted by atomic mass is 10.1. The standard InChI is InChI=1S/C21H18F3N5O2S/c1-12-18-14(9-15(16-4-3-7-32-16)27-19(18)29(2)28-12)20(30)26-10-13-5-6-25-17(8-13)31-11-21(22,23)24/h3-9H,10-11H2,1-2H3,(H,26,30). The summed E-state index contributed by atoms with van der Waals surface area (Å²) in [7, 11) is 1.77. The maximum atomic E-state index is 13.1. The van der Waals surface area contributed by atoms with Gasteiger partial charge in [-0.15, -0.1) is 11.3 Å². The lowest BCUT2D eigenvalue weighted by molar-refractivity contribution is -0.154. The van der Waals surface area contributed by atoms with Gasteiger partial charge in [-0.1, -0.05) is 6.07 Å². The number of rotatable bonds is 6. The summed E-state index contributed by atoms with van der Waals surface area (Å²) in [5.41, 5.74) is 2.89. The van der Waals surface area contributed by atoms with Crippen LogP contribution in [0.2, 0.25) is 0 Å². The van der Waals surface area contributed by atoms with Crippen LogP contribution in [0, 0.1) is 6.92 Å². The van der Waals surface area contributed by atoms with Gasteiger partial charge in [0.1, 0.15) is 0 Å². The molecule has 4 rings (SSSR count). The summed E-state index contributed by atoms with van der Waals surface area (Å²) in [6.07, 6.45) is -3.13. The Morgan fingerprint density at radius 3 is 2.81 bits per heavy atom. The van der Waals surface area contributed by atoms with Crippen LogP contribution < -0.4 is 10.1 Å². The highest BCUT2D eigenvalue weighted by molar-refractivity contribution is 7.13. The molecule has 0 aromatic carbocycles. The Bertz CT molecular complexity index is 1270. The molecule has 0 saturated heterocycles. The minimum absolute atomic E-state index is 0.0845. The number of carbonyl (C=O) groups is 1. The van der Waals surface area contributed by atoms with Crippen LogP contribution in [-0.2, 0) is 13.6 Å². The van der Waals surface area contributed by atoms with E-state index in [0.29, 0.717) is 33.5 Å². The third-order valence-corrected chi connectivity index (χ3v) is 5.52. The Labute approximate surface area is 184 Å². The fourth-order valence-electron chi connectivity index (χ4n) is 3.25. The Morgan fingerprint density at radius 2 is 2.09 bits per heavy atom. The number of thiophene rings is 1. The number of hydrogen-bond donors (Lipinski definition) is 1. The molecule has 32 heavy (non-hydrogen) atoms. The minimum Gasteiger partial charge on any atom is -0.468 e. The molecule has 0 aliphatic carbocycles. The Kier molecular flexibility index (Phi) is 5.83. The molecule has 0 spiro atoms. The maximum absolute atomic E-state index is 13.1. The number of hydrogen-bond acceptors (Lipinski definition) is 6. The summed E-state index contributed by atoms with van der Waals surface area (Å²) in [6.45, 7) is 0.455. The summed E-state index contributed by atoms with van der Waals surface area (Å²) >= 11 is 1.51. The number of alkyl halides is 3. The van der Waals surface area contributed by atoms with Gasteiger partial charge in [0.25, 0.3) is 5.91 Å². The van der Waals surface area contributed by atoms with Gasteiger partial charge in [0, 0.05) is 25.9 Å². The zero-order valence-corrected chi connectivity index (χ0v) is 17.9. The Hall–Kier alpha value is -3.47. The van der Waals surface area contributed by atoms with Gasteiger partial charge in [0.2, 0.25) is 5.88 Å². The normalized spacial score (nSPS) is 11.7. The predicted molar refractivity (Wildman–Crippen MR) is 114 cm³/mol. The van der Waals surface area contributed by atoms with Gasteiger partial charge in [-0.25, -0.2) is 9.97 Å². The minimum atomic E-state index is -4.46. The summed E-state index contributed by atoms with van der Waals surface area (Å²) in [4.78, 5) is 22.4. The smallest absolute Gasteiger partial charge is 0.422 e. The van der Waals surface area contributed by atoms with Crippen molar-refractivity contribution in [2.75, 3.05) is 6.61 Å². The molecule has 11 heteroatoms. The molecule has 0 unspecified atom stereocenters. The molecule has 0 radical (unpaired) electrons. The van der Waals surface area contributed by atoms with Crippen molar-refractivity contribution < 1.29 is 22.7 Å². The molecule has 1 amide bonds. The fourth-order valence-corrected chi connectivity index (χ4v) is 3.93. The highest BCUT2D eigenvalue weighted by Crippen LogP contribution is 2.29. The van der Waals surface area contributed by atoms with Gasteiger partial charge in [0.05, 0.1) is 27.2 Å². The number of amides is 1. The number of fused-ring (bicyclic) bond motifs is 1. The van der Waals surface area contributed by atoms with E-state index in [-0.39, 0.29) is 18.3 Å². The van der Waals surface area contributed by atoms with Crippen LogP contribution in [0.5, 0.6) is 5.88 Å². The van der Waals surface area contributed by atoms with Crippen molar-refractivity contribution in [2.24, 2.45) is 7.05 Å². The number of aromatic nitrogens is 4. The van der Waals surface area contributed by atoms with E-state index in [0.717, 1.165) is 4.88 Å². The molecule has 0 aliphatic rings. The molecular formula is C21H18F3N5O2S. The first-order chi connectivity index (χ1) is 15.2. The van der Waals surface area contributed by atoms with Crippen LogP contribution in [0.1, 0.15) is 21.6 Å². The molecule has 4 aromatic heterocycles. The highest BCUT2D eigenvalue weighted by atomic mass is 32.1. The summed E-state index contributed by atoms with van der Waals surface area (Å²) in [5, 5.41) is 9.77. The van der Waals surface area contributed by atoms with Gasteiger partial charge < -0.3 is 10.1 Å². The summed E-state index contributed by atoms with van der Waals surface area (Å²) in [5.74, 6) is -0.510. The molecule has 4 aromatic rings. The number of aryl methyl sites for hydroxylation is 2. The SMILES string of the molecule is Cc1nn(C)c2nc(-c3cccs3)cc(C(=O)NCc3ccnc(OCC(F)(F)F)c3)c12. The monoisotopic (exact) mass is 461 g/mol. The first-order valence-electron chi connectivity index (χ1n) is 9.52. The number of nitrogens with zero attached hydrogens (tertiary/aromatic N) is 4. The third kappa shape index (κ3) is 4.72. The van der Waals surface area contributed by atoms with E-state index in [1.54, 1.807) is 30.8 Å². The zero-order chi connectivity index (χ0) is 22.9. The number of pyridine rings is 2. The lowest BCUT2D eigenvalue weighted by Crippen LogP contribution is -2.23. The van der Waals surface area contributed by atoms with Gasteiger partial charge in [-0.2, -0.15) is 18.3 Å². The van der Waals surface area contributed by atoms with Crippen LogP contribution in [0.3, 0.4) is 0 Å². The Balaban J connectivity index is 1.58. The molecule has 166 valence electrons. The predicted octanol–water partition coefficient (Wildman–Crippen LogP) is 4.27. The van der Waals surface area contributed by atoms with Crippen molar-refractivity contribution in [3.8, 4) is 16.5 Å². The largest absolute Gasteiger partial charge is 0.468 e. The molecule has 0 fully saturated rings. The number of nitrogens with one attached hydrogen (secondary N) is 1. The van der Waals surface area contributed by atoms with Gasteiger partial charge in [-0.05, 0) is 36.1 Å². The average Bonchev–Trinajstić information content (AvgIpc) is 3.38. The quantitative estimate of drug-likeness (QED) is 0.464. The van der Waals surface area contributed by atoms with Crippen LogP contribution >= 0.6 is 11.3 Å². The van der Waals surface area contributed by atoms with Crippen molar-refractivity contribution >= 4 is 28.3 Å². The second kappa shape index (κ2) is 8.58. The highest BCUT2D eigenvalue weighted by Gasteiger charge is 2.28. The fraction of sp³-hybridized carbons (Fsp3) is 0.238. The molecule has 1 N–H and O–H groups in total. The number of halogens is 3. The molecule has 0 atom stereocenters. The maximum Gasteiger partial charge on any atom is 0.422 e. The van der Waals surface area contributed by atoms with Gasteiger partial charge in [-0.3, -0.25) is 9.48 Å². The van der Waals surface area contributed by atoms with E-state index in [9.17, 15) is 18.0 Å². The molecule has 7 nitrogen and oxygen atoms in total. The van der Waals surface area contributed by atoms with Crippen molar-refractivity contribution in [3.05, 3.63) is 58.7 Å². The van der Waals surface area contributed by atoms with Crippen LogP contribution in [0.25, 0.3) is 21.6 Å². The first kappa shape index (κ1) is 21.8. The van der Waals surface area contributed by atoms with Gasteiger partial charge in [0.15, 0.2) is 12.3 Å². The van der Waals surface area contributed by atoms with Crippen molar-refractivity contribution in [3.63, 3.8) is 0 Å². The van der Waals surface area contributed by atoms with E-state index >= 15 is 0 Å². The van der Waals surface area contributed by atoms with E-state index in [4.69, 9.17) is 0 Å². The Morgan fingerprint density at radius 1 is 1.28 bits per heavy atom. The zero-order valence-electron chi connectivity index (χ0n) is 17.1.